The molecule has 0 aliphatic heterocycles. The van der Waals surface area contributed by atoms with E-state index >= 15 is 0 Å². The molecule has 0 spiro atoms. The zero-order chi connectivity index (χ0) is 37.5. The highest BCUT2D eigenvalue weighted by atomic mass is 16.3. The molecule has 57 heavy (non-hydrogen) atoms. The van der Waals surface area contributed by atoms with Gasteiger partial charge in [-0.15, -0.1) is 0 Å². The van der Waals surface area contributed by atoms with Gasteiger partial charge in [0.25, 0.3) is 0 Å². The third-order valence-electron chi connectivity index (χ3n) is 11.2. The van der Waals surface area contributed by atoms with E-state index in [-0.39, 0.29) is 0 Å². The van der Waals surface area contributed by atoms with Crippen LogP contribution in [0.2, 0.25) is 0 Å². The zero-order valence-corrected chi connectivity index (χ0v) is 30.5. The van der Waals surface area contributed by atoms with E-state index < -0.39 is 0 Å². The summed E-state index contributed by atoms with van der Waals surface area (Å²) < 4.78 is 11.2. The van der Waals surface area contributed by atoms with Gasteiger partial charge in [0.05, 0.1) is 22.1 Å². The van der Waals surface area contributed by atoms with E-state index in [2.05, 4.69) is 191 Å². The van der Waals surface area contributed by atoms with E-state index in [0.29, 0.717) is 17.6 Å². The molecule has 0 bridgehead atoms. The van der Waals surface area contributed by atoms with Gasteiger partial charge in [0.1, 0.15) is 11.2 Å². The Morgan fingerprint density at radius 2 is 0.789 bits per heavy atom. The van der Waals surface area contributed by atoms with E-state index in [1.807, 2.05) is 6.07 Å². The summed E-state index contributed by atoms with van der Waals surface area (Å²) in [5.74, 6) is 1.71. The van der Waals surface area contributed by atoms with Gasteiger partial charge in [0.2, 0.25) is 5.95 Å². The first kappa shape index (κ1) is 31.5. The molecule has 8 aromatic carbocycles. The molecule has 0 fully saturated rings. The average Bonchev–Trinajstić information content (AvgIpc) is 3.94. The summed E-state index contributed by atoms with van der Waals surface area (Å²) in [5.41, 5.74) is 11.0. The molecule has 0 amide bonds. The lowest BCUT2D eigenvalue weighted by Crippen LogP contribution is -2.06. The highest BCUT2D eigenvalue weighted by Crippen LogP contribution is 2.37. The maximum absolute atomic E-state index is 6.69. The van der Waals surface area contributed by atoms with Crippen molar-refractivity contribution < 1.29 is 4.42 Å². The maximum atomic E-state index is 6.69. The van der Waals surface area contributed by atoms with Gasteiger partial charge in [0.15, 0.2) is 11.6 Å². The second-order valence-corrected chi connectivity index (χ2v) is 14.5. The van der Waals surface area contributed by atoms with Gasteiger partial charge in [-0.25, -0.2) is 4.98 Å². The summed E-state index contributed by atoms with van der Waals surface area (Å²) in [5, 5.41) is 6.84. The van der Waals surface area contributed by atoms with Crippen LogP contribution in [0.5, 0.6) is 0 Å². The fourth-order valence-electron chi connectivity index (χ4n) is 8.57. The predicted octanol–water partition coefficient (Wildman–Crippen LogP) is 13.0. The van der Waals surface area contributed by atoms with E-state index in [1.54, 1.807) is 0 Å². The number of para-hydroxylation sites is 4. The fourth-order valence-corrected chi connectivity index (χ4v) is 8.57. The predicted molar refractivity (Wildman–Crippen MR) is 232 cm³/mol. The van der Waals surface area contributed by atoms with Gasteiger partial charge in [-0.3, -0.25) is 4.57 Å². The monoisotopic (exact) mass is 729 g/mol. The molecule has 6 heteroatoms. The average molecular weight is 730 g/mol. The van der Waals surface area contributed by atoms with Gasteiger partial charge >= 0.3 is 0 Å². The molecule has 0 atom stereocenters. The SMILES string of the molecule is c1ccc(-c2cccc(-c3nc(-c4ccc5c(c4)oc4cc(-n6c7ccccc7c7ccccc76)ccc45)nc(-n4c5ccccc5c5ccccc54)n3)c2)cc1. The van der Waals surface area contributed by atoms with Crippen molar-refractivity contribution in [3.8, 4) is 45.5 Å². The second kappa shape index (κ2) is 12.3. The first-order valence-electron chi connectivity index (χ1n) is 19.1. The summed E-state index contributed by atoms with van der Waals surface area (Å²) in [6.45, 7) is 0. The minimum Gasteiger partial charge on any atom is -0.456 e. The first-order valence-corrected chi connectivity index (χ1v) is 19.1. The number of benzene rings is 8. The molecule has 4 aromatic heterocycles. The van der Waals surface area contributed by atoms with Gasteiger partial charge in [-0.05, 0) is 65.7 Å². The summed E-state index contributed by atoms with van der Waals surface area (Å²) in [7, 11) is 0. The van der Waals surface area contributed by atoms with E-state index in [4.69, 9.17) is 19.4 Å². The van der Waals surface area contributed by atoms with Gasteiger partial charge < -0.3 is 8.98 Å². The highest BCUT2D eigenvalue weighted by Gasteiger charge is 2.19. The number of hydrogen-bond donors (Lipinski definition) is 0. The van der Waals surface area contributed by atoms with E-state index in [0.717, 1.165) is 82.7 Å². The van der Waals surface area contributed by atoms with Crippen LogP contribution < -0.4 is 0 Å². The molecule has 0 aliphatic rings. The Bertz CT molecular complexity index is 3430. The summed E-state index contributed by atoms with van der Waals surface area (Å²) in [6.07, 6.45) is 0. The molecule has 0 N–H and O–H groups in total. The lowest BCUT2D eigenvalue weighted by Gasteiger charge is -2.11. The Morgan fingerprint density at radius 3 is 1.40 bits per heavy atom. The topological polar surface area (TPSA) is 61.7 Å². The van der Waals surface area contributed by atoms with E-state index in [9.17, 15) is 0 Å². The largest absolute Gasteiger partial charge is 0.456 e. The van der Waals surface area contributed by atoms with Crippen LogP contribution in [-0.2, 0) is 0 Å². The van der Waals surface area contributed by atoms with Crippen LogP contribution in [0.4, 0.5) is 0 Å². The zero-order valence-electron chi connectivity index (χ0n) is 30.5. The molecule has 0 saturated carbocycles. The molecule has 0 radical (unpaired) electrons. The van der Waals surface area contributed by atoms with Crippen LogP contribution in [0.25, 0.3) is 111 Å². The molecule has 12 aromatic rings. The van der Waals surface area contributed by atoms with Crippen LogP contribution in [-0.4, -0.2) is 24.1 Å². The standard InChI is InChI=1S/C51H31N5O/c1-2-13-32(14-3-1)33-15-12-16-34(29-33)49-52-50(54-51(53-49)56-45-23-10-6-19-39(45)40-20-7-11-24-46(40)56)35-25-27-41-42-28-26-36(31-48(42)57-47(41)30-35)55-43-21-8-4-17-37(43)38-18-5-9-22-44(38)55/h1-31H. The quantitative estimate of drug-likeness (QED) is 0.177. The minimum atomic E-state index is 0.554. The Labute approximate surface area is 326 Å². The smallest absolute Gasteiger partial charge is 0.238 e. The fraction of sp³-hybridized carbons (Fsp3) is 0. The summed E-state index contributed by atoms with van der Waals surface area (Å²) in [6, 6.07) is 65.5. The molecule has 6 nitrogen and oxygen atoms in total. The van der Waals surface area contributed by atoms with Gasteiger partial charge in [-0.1, -0.05) is 127 Å². The number of hydrogen-bond acceptors (Lipinski definition) is 4. The van der Waals surface area contributed by atoms with Crippen molar-refractivity contribution in [3.63, 3.8) is 0 Å². The van der Waals surface area contributed by atoms with Crippen molar-refractivity contribution >= 4 is 65.6 Å². The molecule has 0 saturated heterocycles. The van der Waals surface area contributed by atoms with E-state index in [1.165, 1.54) is 10.8 Å². The number of aromatic nitrogens is 5. The van der Waals surface area contributed by atoms with Crippen molar-refractivity contribution in [1.29, 1.82) is 0 Å². The van der Waals surface area contributed by atoms with Gasteiger partial charge in [0, 0.05) is 55.2 Å². The Hall–Kier alpha value is -7.83. The third-order valence-corrected chi connectivity index (χ3v) is 11.2. The second-order valence-electron chi connectivity index (χ2n) is 14.5. The highest BCUT2D eigenvalue weighted by molar-refractivity contribution is 6.11. The Morgan fingerprint density at radius 1 is 0.316 bits per heavy atom. The molecule has 266 valence electrons. The minimum absolute atomic E-state index is 0.554. The van der Waals surface area contributed by atoms with Crippen LogP contribution >= 0.6 is 0 Å². The number of rotatable bonds is 5. The molecule has 0 unspecified atom stereocenters. The van der Waals surface area contributed by atoms with Crippen LogP contribution in [0.15, 0.2) is 192 Å². The Kier molecular flexibility index (Phi) is 6.83. The lowest BCUT2D eigenvalue weighted by atomic mass is 10.0. The molecular weight excluding hydrogens is 699 g/mol. The number of fused-ring (bicyclic) bond motifs is 9. The van der Waals surface area contributed by atoms with Crippen molar-refractivity contribution in [3.05, 3.63) is 188 Å². The molecule has 0 aliphatic carbocycles. The van der Waals surface area contributed by atoms with Crippen LogP contribution in [0.3, 0.4) is 0 Å². The molecule has 4 heterocycles. The number of furan rings is 1. The van der Waals surface area contributed by atoms with Crippen LogP contribution in [0.1, 0.15) is 0 Å². The van der Waals surface area contributed by atoms with Gasteiger partial charge in [-0.2, -0.15) is 9.97 Å². The third kappa shape index (κ3) is 4.94. The van der Waals surface area contributed by atoms with Crippen molar-refractivity contribution in [2.45, 2.75) is 0 Å². The number of nitrogens with zero attached hydrogens (tertiary/aromatic N) is 5. The summed E-state index contributed by atoms with van der Waals surface area (Å²) in [4.78, 5) is 15.6. The molecular formula is C51H31N5O. The normalized spacial score (nSPS) is 11.9. The lowest BCUT2D eigenvalue weighted by molar-refractivity contribution is 0.668. The van der Waals surface area contributed by atoms with Crippen LogP contribution in [0, 0.1) is 0 Å². The van der Waals surface area contributed by atoms with Crippen molar-refractivity contribution in [2.75, 3.05) is 0 Å². The summed E-state index contributed by atoms with van der Waals surface area (Å²) >= 11 is 0. The first-order chi connectivity index (χ1) is 28.2. The molecule has 12 rings (SSSR count). The van der Waals surface area contributed by atoms with Crippen molar-refractivity contribution in [1.82, 2.24) is 24.1 Å². The Balaban J connectivity index is 1.04. The maximum Gasteiger partial charge on any atom is 0.238 e. The van der Waals surface area contributed by atoms with Crippen molar-refractivity contribution in [2.24, 2.45) is 0 Å².